The van der Waals surface area contributed by atoms with Crippen LogP contribution in [-0.4, -0.2) is 37.4 Å². The van der Waals surface area contributed by atoms with Crippen LogP contribution in [0.25, 0.3) is 6.08 Å². The van der Waals surface area contributed by atoms with Gasteiger partial charge in [0.05, 0.1) is 4.91 Å². The third kappa shape index (κ3) is 3.73. The molecule has 1 saturated heterocycles. The van der Waals surface area contributed by atoms with Gasteiger partial charge in [-0.2, -0.15) is 0 Å². The predicted octanol–water partition coefficient (Wildman–Crippen LogP) is 3.09. The van der Waals surface area contributed by atoms with E-state index in [4.69, 9.17) is 12.2 Å². The number of hydrogen-bond acceptors (Lipinski definition) is 5. The third-order valence-corrected chi connectivity index (χ3v) is 5.06. The summed E-state index contributed by atoms with van der Waals surface area (Å²) in [5.41, 5.74) is 0.735. The summed E-state index contributed by atoms with van der Waals surface area (Å²) in [7, 11) is 0. The number of aromatic hydroxyl groups is 1. The molecule has 2 rings (SSSR count). The number of thioether (sulfide) groups is 1. The fourth-order valence-electron chi connectivity index (χ4n) is 2.27. The molecule has 1 aliphatic heterocycles. The fraction of sp³-hybridized carbons (Fsp3) is 0.312. The lowest BCUT2D eigenvalue weighted by molar-refractivity contribution is -0.147. The molecule has 7 heteroatoms. The maximum atomic E-state index is 12.6. The van der Waals surface area contributed by atoms with E-state index in [1.165, 1.54) is 17.0 Å². The summed E-state index contributed by atoms with van der Waals surface area (Å²) in [5.74, 6) is -1.51. The Bertz CT molecular complexity index is 669. The van der Waals surface area contributed by atoms with Gasteiger partial charge in [0.15, 0.2) is 0 Å². The highest BCUT2D eigenvalue weighted by molar-refractivity contribution is 8.26. The molecule has 1 amide bonds. The van der Waals surface area contributed by atoms with E-state index in [0.29, 0.717) is 11.3 Å². The molecule has 1 aromatic carbocycles. The van der Waals surface area contributed by atoms with Crippen molar-refractivity contribution >= 4 is 46.3 Å². The molecule has 1 heterocycles. The summed E-state index contributed by atoms with van der Waals surface area (Å²) in [4.78, 5) is 25.7. The van der Waals surface area contributed by atoms with Gasteiger partial charge in [-0.15, -0.1) is 0 Å². The first-order valence-corrected chi connectivity index (χ1v) is 8.36. The maximum Gasteiger partial charge on any atom is 0.327 e. The summed E-state index contributed by atoms with van der Waals surface area (Å²) in [6.45, 7) is 3.67. The van der Waals surface area contributed by atoms with Crippen molar-refractivity contribution in [1.29, 1.82) is 0 Å². The number of carbonyl (C=O) groups is 2. The highest BCUT2D eigenvalue weighted by Gasteiger charge is 2.42. The average molecular weight is 351 g/mol. The zero-order valence-electron chi connectivity index (χ0n) is 12.7. The van der Waals surface area contributed by atoms with Crippen LogP contribution in [0.5, 0.6) is 5.75 Å². The van der Waals surface area contributed by atoms with E-state index < -0.39 is 12.0 Å². The van der Waals surface area contributed by atoms with Gasteiger partial charge in [-0.1, -0.05) is 56.4 Å². The summed E-state index contributed by atoms with van der Waals surface area (Å²) in [5, 5.41) is 18.8. The standard InChI is InChI=1S/C16H17NO4S2/c1-3-9(2)13(15(20)21)17-14(19)12(23-16(17)22)8-10-4-6-11(18)7-5-10/h4-9,13,18H,3H2,1-2H3,(H,20,21)/b12-8-. The molecular formula is C16H17NO4S2. The van der Waals surface area contributed by atoms with Crippen molar-refractivity contribution in [2.24, 2.45) is 5.92 Å². The van der Waals surface area contributed by atoms with Gasteiger partial charge in [0.1, 0.15) is 16.1 Å². The lowest BCUT2D eigenvalue weighted by Crippen LogP contribution is -2.47. The van der Waals surface area contributed by atoms with Crippen LogP contribution >= 0.6 is 24.0 Å². The van der Waals surface area contributed by atoms with Crippen LogP contribution < -0.4 is 0 Å². The lowest BCUT2D eigenvalue weighted by Gasteiger charge is -2.27. The van der Waals surface area contributed by atoms with Crippen LogP contribution in [0.4, 0.5) is 0 Å². The second-order valence-corrected chi connectivity index (χ2v) is 6.99. The highest BCUT2D eigenvalue weighted by atomic mass is 32.2. The highest BCUT2D eigenvalue weighted by Crippen LogP contribution is 2.36. The number of amides is 1. The number of carboxylic acid groups (broad SMARTS) is 1. The van der Waals surface area contributed by atoms with Gasteiger partial charge in [0.25, 0.3) is 5.91 Å². The number of nitrogens with zero attached hydrogens (tertiary/aromatic N) is 1. The van der Waals surface area contributed by atoms with Crippen molar-refractivity contribution in [2.45, 2.75) is 26.3 Å². The normalized spacial score (nSPS) is 19.2. The van der Waals surface area contributed by atoms with Gasteiger partial charge in [-0.05, 0) is 29.7 Å². The van der Waals surface area contributed by atoms with E-state index in [9.17, 15) is 19.8 Å². The zero-order valence-corrected chi connectivity index (χ0v) is 14.4. The molecule has 1 fully saturated rings. The number of phenols is 1. The number of carbonyl (C=O) groups excluding carboxylic acids is 1. The van der Waals surface area contributed by atoms with E-state index in [1.807, 2.05) is 6.92 Å². The molecule has 0 aromatic heterocycles. The Balaban J connectivity index is 2.32. The molecule has 0 saturated carbocycles. The molecule has 23 heavy (non-hydrogen) atoms. The van der Waals surface area contributed by atoms with Crippen molar-refractivity contribution in [2.75, 3.05) is 0 Å². The predicted molar refractivity (Wildman–Crippen MR) is 94.0 cm³/mol. The van der Waals surface area contributed by atoms with Crippen molar-refractivity contribution in [3.05, 3.63) is 34.7 Å². The molecule has 0 radical (unpaired) electrons. The molecule has 5 nitrogen and oxygen atoms in total. The van der Waals surface area contributed by atoms with E-state index >= 15 is 0 Å². The Labute approximate surface area is 144 Å². The van der Waals surface area contributed by atoms with E-state index in [-0.39, 0.29) is 21.9 Å². The molecule has 0 aliphatic carbocycles. The topological polar surface area (TPSA) is 77.8 Å². The smallest absolute Gasteiger partial charge is 0.327 e. The molecule has 1 aliphatic rings. The summed E-state index contributed by atoms with van der Waals surface area (Å²) in [6, 6.07) is 5.42. The van der Waals surface area contributed by atoms with Crippen LogP contribution in [0.15, 0.2) is 29.2 Å². The van der Waals surface area contributed by atoms with Crippen molar-refractivity contribution in [1.82, 2.24) is 4.90 Å². The molecular weight excluding hydrogens is 334 g/mol. The Kier molecular flexibility index (Phi) is 5.43. The monoisotopic (exact) mass is 351 g/mol. The van der Waals surface area contributed by atoms with Crippen LogP contribution in [0.2, 0.25) is 0 Å². The first-order valence-electron chi connectivity index (χ1n) is 7.14. The number of phenolic OH excluding ortho intramolecular Hbond substituents is 1. The second kappa shape index (κ2) is 7.14. The minimum atomic E-state index is -1.05. The first kappa shape index (κ1) is 17.5. The third-order valence-electron chi connectivity index (χ3n) is 3.73. The molecule has 2 unspecified atom stereocenters. The minimum absolute atomic E-state index is 0.136. The molecule has 122 valence electrons. The minimum Gasteiger partial charge on any atom is -0.508 e. The largest absolute Gasteiger partial charge is 0.508 e. The van der Waals surface area contributed by atoms with E-state index in [1.54, 1.807) is 25.1 Å². The maximum absolute atomic E-state index is 12.6. The summed E-state index contributed by atoms with van der Waals surface area (Å²) < 4.78 is 0.257. The fourth-order valence-corrected chi connectivity index (χ4v) is 3.60. The average Bonchev–Trinajstić information content (AvgIpc) is 2.77. The molecule has 2 N–H and O–H groups in total. The number of thiocarbonyl (C=S) groups is 1. The Morgan fingerprint density at radius 1 is 1.39 bits per heavy atom. The van der Waals surface area contributed by atoms with Crippen LogP contribution in [0.1, 0.15) is 25.8 Å². The number of hydrogen-bond donors (Lipinski definition) is 2. The Morgan fingerprint density at radius 3 is 2.52 bits per heavy atom. The number of aliphatic carboxylic acids is 1. The van der Waals surface area contributed by atoms with Crippen molar-refractivity contribution in [3.8, 4) is 5.75 Å². The van der Waals surface area contributed by atoms with Gasteiger partial charge >= 0.3 is 5.97 Å². The number of carboxylic acids is 1. The van der Waals surface area contributed by atoms with Gasteiger partial charge in [-0.3, -0.25) is 9.69 Å². The first-order chi connectivity index (χ1) is 10.8. The van der Waals surface area contributed by atoms with Crippen LogP contribution in [-0.2, 0) is 9.59 Å². The number of benzene rings is 1. The van der Waals surface area contributed by atoms with Gasteiger partial charge in [0.2, 0.25) is 0 Å². The lowest BCUT2D eigenvalue weighted by atomic mass is 9.98. The Hall–Kier alpha value is -1.86. The van der Waals surface area contributed by atoms with Gasteiger partial charge < -0.3 is 10.2 Å². The van der Waals surface area contributed by atoms with Crippen LogP contribution in [0.3, 0.4) is 0 Å². The Morgan fingerprint density at radius 2 is 2.00 bits per heavy atom. The molecule has 0 spiro atoms. The molecule has 1 aromatic rings. The van der Waals surface area contributed by atoms with Crippen molar-refractivity contribution in [3.63, 3.8) is 0 Å². The van der Waals surface area contributed by atoms with Crippen LogP contribution in [0, 0.1) is 5.92 Å². The number of rotatable bonds is 5. The molecule has 0 bridgehead atoms. The van der Waals surface area contributed by atoms with E-state index in [0.717, 1.165) is 17.3 Å². The summed E-state index contributed by atoms with van der Waals surface area (Å²) >= 11 is 6.32. The zero-order chi connectivity index (χ0) is 17.1. The van der Waals surface area contributed by atoms with Gasteiger partial charge in [-0.25, -0.2) is 4.79 Å². The SMILES string of the molecule is CCC(C)C(C(=O)O)N1C(=O)/C(=C/c2ccc(O)cc2)SC1=S. The summed E-state index contributed by atoms with van der Waals surface area (Å²) in [6.07, 6.45) is 2.28. The van der Waals surface area contributed by atoms with Crippen molar-refractivity contribution < 1.29 is 19.8 Å². The van der Waals surface area contributed by atoms with Gasteiger partial charge in [0, 0.05) is 0 Å². The second-order valence-electron chi connectivity index (χ2n) is 5.31. The molecule has 2 atom stereocenters. The van der Waals surface area contributed by atoms with E-state index in [2.05, 4.69) is 0 Å². The quantitative estimate of drug-likeness (QED) is 0.627.